The van der Waals surface area contributed by atoms with Gasteiger partial charge in [0.1, 0.15) is 0 Å². The Balaban J connectivity index is -0.000000720. The van der Waals surface area contributed by atoms with E-state index in [-0.39, 0.29) is 49.4 Å². The number of alkyl halides is 1. The SMILES string of the molecule is CC(Cl)CC(C)COCCC(=O)O.[H-].[Na+]. The molecule has 0 fully saturated rings. The first-order valence-electron chi connectivity index (χ1n) is 4.46. The van der Waals surface area contributed by atoms with Crippen LogP contribution in [-0.4, -0.2) is 29.7 Å². The van der Waals surface area contributed by atoms with Crippen LogP contribution in [0.15, 0.2) is 0 Å². The smallest absolute Gasteiger partial charge is 1.00 e. The summed E-state index contributed by atoms with van der Waals surface area (Å²) in [5, 5.41) is 8.47. The summed E-state index contributed by atoms with van der Waals surface area (Å²) in [4.78, 5) is 10.1. The molecule has 0 spiro atoms. The van der Waals surface area contributed by atoms with E-state index in [1.807, 2.05) is 13.8 Å². The molecule has 0 aromatic carbocycles. The average Bonchev–Trinajstić information content (AvgIpc) is 1.96. The number of hydrogen-bond donors (Lipinski definition) is 1. The molecule has 2 unspecified atom stereocenters. The van der Waals surface area contributed by atoms with Gasteiger partial charge in [0.2, 0.25) is 0 Å². The summed E-state index contributed by atoms with van der Waals surface area (Å²) in [7, 11) is 0. The fourth-order valence-electron chi connectivity index (χ4n) is 1.07. The van der Waals surface area contributed by atoms with Gasteiger partial charge in [-0.25, -0.2) is 0 Å². The number of carboxylic acids is 1. The van der Waals surface area contributed by atoms with Crippen molar-refractivity contribution < 1.29 is 45.6 Å². The molecule has 0 aliphatic carbocycles. The van der Waals surface area contributed by atoms with E-state index in [4.69, 9.17) is 21.4 Å². The Morgan fingerprint density at radius 3 is 2.57 bits per heavy atom. The Bertz CT molecular complexity index is 158. The van der Waals surface area contributed by atoms with Crippen LogP contribution in [0.2, 0.25) is 0 Å². The predicted molar refractivity (Wildman–Crippen MR) is 53.3 cm³/mol. The molecule has 80 valence electrons. The summed E-state index contributed by atoms with van der Waals surface area (Å²) in [6, 6.07) is 0. The quantitative estimate of drug-likeness (QED) is 0.357. The minimum absolute atomic E-state index is 0. The van der Waals surface area contributed by atoms with Gasteiger partial charge in [0.25, 0.3) is 0 Å². The molecule has 0 heterocycles. The van der Waals surface area contributed by atoms with Crippen molar-refractivity contribution in [1.29, 1.82) is 0 Å². The van der Waals surface area contributed by atoms with E-state index in [1.165, 1.54) is 0 Å². The summed E-state index contributed by atoms with van der Waals surface area (Å²) in [6.45, 7) is 4.86. The fourth-order valence-corrected chi connectivity index (χ4v) is 1.37. The molecule has 0 rings (SSSR count). The first-order valence-corrected chi connectivity index (χ1v) is 4.89. The largest absolute Gasteiger partial charge is 1.00 e. The van der Waals surface area contributed by atoms with Gasteiger partial charge in [-0.15, -0.1) is 11.6 Å². The van der Waals surface area contributed by atoms with E-state index in [0.717, 1.165) is 6.42 Å². The van der Waals surface area contributed by atoms with Crippen LogP contribution in [0.3, 0.4) is 0 Å². The van der Waals surface area contributed by atoms with Crippen LogP contribution in [0.25, 0.3) is 0 Å². The molecule has 0 amide bonds. The molecule has 0 saturated heterocycles. The summed E-state index contributed by atoms with van der Waals surface area (Å²) in [5.74, 6) is -0.431. The van der Waals surface area contributed by atoms with Crippen molar-refractivity contribution in [2.75, 3.05) is 13.2 Å². The number of carboxylic acid groups (broad SMARTS) is 1. The molecule has 0 aromatic rings. The summed E-state index contributed by atoms with van der Waals surface area (Å²) >= 11 is 5.79. The van der Waals surface area contributed by atoms with Gasteiger partial charge < -0.3 is 11.3 Å². The predicted octanol–water partition coefficient (Wildman–Crippen LogP) is -0.752. The van der Waals surface area contributed by atoms with Gasteiger partial charge in [0.05, 0.1) is 13.0 Å². The minimum atomic E-state index is -0.821. The van der Waals surface area contributed by atoms with Crippen LogP contribution in [0.5, 0.6) is 0 Å². The second-order valence-electron chi connectivity index (χ2n) is 3.34. The third kappa shape index (κ3) is 12.7. The van der Waals surface area contributed by atoms with Gasteiger partial charge in [-0.2, -0.15) is 0 Å². The van der Waals surface area contributed by atoms with Crippen LogP contribution >= 0.6 is 11.6 Å². The van der Waals surface area contributed by atoms with Crippen molar-refractivity contribution in [1.82, 2.24) is 0 Å². The number of halogens is 1. The molecule has 0 saturated carbocycles. The zero-order chi connectivity index (χ0) is 10.3. The first kappa shape index (κ1) is 17.1. The van der Waals surface area contributed by atoms with Crippen molar-refractivity contribution in [3.8, 4) is 0 Å². The van der Waals surface area contributed by atoms with Crippen LogP contribution in [0.1, 0.15) is 28.1 Å². The number of carbonyl (C=O) groups is 1. The fraction of sp³-hybridized carbons (Fsp3) is 0.889. The van der Waals surface area contributed by atoms with Gasteiger partial charge in [-0.05, 0) is 19.3 Å². The Labute approximate surface area is 114 Å². The Kier molecular flexibility index (Phi) is 12.5. The number of ether oxygens (including phenoxy) is 1. The second kappa shape index (κ2) is 10.2. The molecule has 1 N–H and O–H groups in total. The second-order valence-corrected chi connectivity index (χ2v) is 4.09. The third-order valence-electron chi connectivity index (χ3n) is 1.59. The maximum atomic E-state index is 10.1. The van der Waals surface area contributed by atoms with E-state index in [9.17, 15) is 4.79 Å². The van der Waals surface area contributed by atoms with Gasteiger partial charge in [0, 0.05) is 12.0 Å². The summed E-state index contributed by atoms with van der Waals surface area (Å²) in [5.41, 5.74) is 0. The molecule has 0 aromatic heterocycles. The van der Waals surface area contributed by atoms with Crippen molar-refractivity contribution in [2.45, 2.75) is 32.1 Å². The van der Waals surface area contributed by atoms with Crippen LogP contribution < -0.4 is 29.6 Å². The molecule has 0 aliphatic heterocycles. The van der Waals surface area contributed by atoms with Gasteiger partial charge in [-0.1, -0.05) is 6.92 Å². The van der Waals surface area contributed by atoms with E-state index >= 15 is 0 Å². The minimum Gasteiger partial charge on any atom is -1.00 e. The summed E-state index contributed by atoms with van der Waals surface area (Å²) < 4.78 is 5.17. The van der Waals surface area contributed by atoms with E-state index in [0.29, 0.717) is 12.5 Å². The molecule has 3 nitrogen and oxygen atoms in total. The van der Waals surface area contributed by atoms with Crippen molar-refractivity contribution in [2.24, 2.45) is 5.92 Å². The number of hydrogen-bond acceptors (Lipinski definition) is 2. The standard InChI is InChI=1S/C9H17ClO3.Na.H/c1-7(5-8(2)10)6-13-4-3-9(11)12;;/h7-8H,3-6H2,1-2H3,(H,11,12);;/q;+1;-1. The van der Waals surface area contributed by atoms with E-state index in [1.54, 1.807) is 0 Å². The molecule has 0 radical (unpaired) electrons. The molecular weight excluding hydrogens is 215 g/mol. The molecular formula is C9H18ClNaO3. The zero-order valence-electron chi connectivity index (χ0n) is 10.1. The van der Waals surface area contributed by atoms with Crippen molar-refractivity contribution >= 4 is 17.6 Å². The zero-order valence-corrected chi connectivity index (χ0v) is 11.9. The van der Waals surface area contributed by atoms with E-state index in [2.05, 4.69) is 0 Å². The molecule has 0 aliphatic rings. The number of rotatable bonds is 7. The molecule has 14 heavy (non-hydrogen) atoms. The molecule has 2 atom stereocenters. The summed E-state index contributed by atoms with van der Waals surface area (Å²) in [6.07, 6.45) is 0.970. The molecule has 5 heteroatoms. The van der Waals surface area contributed by atoms with Gasteiger partial charge in [0.15, 0.2) is 0 Å². The topological polar surface area (TPSA) is 46.5 Å². The van der Waals surface area contributed by atoms with Crippen LogP contribution in [-0.2, 0) is 9.53 Å². The van der Waals surface area contributed by atoms with E-state index < -0.39 is 5.97 Å². The Morgan fingerprint density at radius 2 is 2.14 bits per heavy atom. The number of aliphatic carboxylic acids is 1. The third-order valence-corrected chi connectivity index (χ3v) is 1.77. The van der Waals surface area contributed by atoms with Crippen molar-refractivity contribution in [3.05, 3.63) is 0 Å². The molecule has 0 bridgehead atoms. The first-order chi connectivity index (χ1) is 6.02. The van der Waals surface area contributed by atoms with Crippen LogP contribution in [0.4, 0.5) is 0 Å². The Morgan fingerprint density at radius 1 is 1.57 bits per heavy atom. The maximum Gasteiger partial charge on any atom is 1.00 e. The normalized spacial score (nSPS) is 14.2. The van der Waals surface area contributed by atoms with Crippen molar-refractivity contribution in [3.63, 3.8) is 0 Å². The van der Waals surface area contributed by atoms with Gasteiger partial charge in [-0.3, -0.25) is 4.79 Å². The Hall–Kier alpha value is 0.720. The van der Waals surface area contributed by atoms with Crippen LogP contribution in [0, 0.1) is 5.92 Å². The monoisotopic (exact) mass is 232 g/mol. The maximum absolute atomic E-state index is 10.1. The average molecular weight is 233 g/mol. The van der Waals surface area contributed by atoms with Gasteiger partial charge >= 0.3 is 35.5 Å².